The fourth-order valence-corrected chi connectivity index (χ4v) is 3.30. The number of aryl methyl sites for hydroxylation is 1. The van der Waals surface area contributed by atoms with Crippen LogP contribution in [0.3, 0.4) is 0 Å². The van der Waals surface area contributed by atoms with Crippen LogP contribution in [0.25, 0.3) is 21.3 Å². The van der Waals surface area contributed by atoms with Gasteiger partial charge in [0.1, 0.15) is 0 Å². The van der Waals surface area contributed by atoms with E-state index >= 15 is 0 Å². The van der Waals surface area contributed by atoms with E-state index in [1.807, 2.05) is 49.4 Å². The van der Waals surface area contributed by atoms with E-state index in [2.05, 4.69) is 20.3 Å². The summed E-state index contributed by atoms with van der Waals surface area (Å²) in [6.07, 6.45) is 0. The summed E-state index contributed by atoms with van der Waals surface area (Å²) in [6, 6.07) is 13.5. The highest BCUT2D eigenvalue weighted by Gasteiger charge is 2.14. The van der Waals surface area contributed by atoms with Gasteiger partial charge in [-0.3, -0.25) is 10.1 Å². The molecular weight excluding hydrogens is 296 g/mol. The normalized spacial score (nSPS) is 11.1. The molecule has 2 N–H and O–H groups in total. The number of thiazole rings is 1. The smallest absolute Gasteiger partial charge is 0.293 e. The van der Waals surface area contributed by atoms with E-state index in [0.717, 1.165) is 26.8 Å². The summed E-state index contributed by atoms with van der Waals surface area (Å²) in [5.74, 6) is 0.00471. The Kier molecular flexibility index (Phi) is 2.90. The molecule has 2 aromatic heterocycles. The Bertz CT molecular complexity index is 969. The number of para-hydroxylation sites is 3. The SMILES string of the molecule is Cc1cccc2sc(NC(=O)c3nc4ccccc4[nH]3)nc12. The molecule has 0 saturated carbocycles. The van der Waals surface area contributed by atoms with Crippen LogP contribution in [0.2, 0.25) is 0 Å². The molecule has 0 bridgehead atoms. The molecule has 0 atom stereocenters. The fraction of sp³-hybridized carbons (Fsp3) is 0.0625. The molecule has 0 saturated heterocycles. The van der Waals surface area contributed by atoms with Gasteiger partial charge in [0, 0.05) is 0 Å². The van der Waals surface area contributed by atoms with E-state index in [-0.39, 0.29) is 11.7 Å². The van der Waals surface area contributed by atoms with Gasteiger partial charge in [-0.1, -0.05) is 35.6 Å². The number of H-pyrrole nitrogens is 1. The number of benzene rings is 2. The molecule has 108 valence electrons. The molecule has 0 spiro atoms. The Morgan fingerprint density at radius 2 is 2.00 bits per heavy atom. The zero-order valence-electron chi connectivity index (χ0n) is 11.8. The Morgan fingerprint density at radius 3 is 2.82 bits per heavy atom. The Labute approximate surface area is 130 Å². The summed E-state index contributed by atoms with van der Waals surface area (Å²) in [5.41, 5.74) is 3.63. The number of nitrogens with zero attached hydrogens (tertiary/aromatic N) is 2. The molecule has 4 aromatic rings. The van der Waals surface area contributed by atoms with Crippen LogP contribution in [0.4, 0.5) is 5.13 Å². The second-order valence-electron chi connectivity index (χ2n) is 5.00. The number of aromatic nitrogens is 3. The van der Waals surface area contributed by atoms with Crippen molar-refractivity contribution in [3.05, 3.63) is 53.9 Å². The van der Waals surface area contributed by atoms with Crippen LogP contribution in [-0.2, 0) is 0 Å². The minimum absolute atomic E-state index is 0.284. The quantitative estimate of drug-likeness (QED) is 0.592. The molecule has 0 unspecified atom stereocenters. The molecule has 22 heavy (non-hydrogen) atoms. The van der Waals surface area contributed by atoms with E-state index in [1.54, 1.807) is 0 Å². The maximum atomic E-state index is 12.3. The van der Waals surface area contributed by atoms with Crippen LogP contribution >= 0.6 is 11.3 Å². The van der Waals surface area contributed by atoms with Gasteiger partial charge in [-0.2, -0.15) is 0 Å². The van der Waals surface area contributed by atoms with Gasteiger partial charge in [0.25, 0.3) is 5.91 Å². The average Bonchev–Trinajstić information content (AvgIpc) is 3.11. The van der Waals surface area contributed by atoms with Crippen LogP contribution in [0.15, 0.2) is 42.5 Å². The summed E-state index contributed by atoms with van der Waals surface area (Å²) < 4.78 is 1.06. The molecule has 0 aliphatic carbocycles. The maximum absolute atomic E-state index is 12.3. The molecule has 6 heteroatoms. The van der Waals surface area contributed by atoms with Gasteiger partial charge in [0.2, 0.25) is 0 Å². The lowest BCUT2D eigenvalue weighted by atomic mass is 10.2. The van der Waals surface area contributed by atoms with Crippen molar-refractivity contribution in [1.29, 1.82) is 0 Å². The molecule has 0 radical (unpaired) electrons. The number of carbonyl (C=O) groups is 1. The number of imidazole rings is 1. The zero-order chi connectivity index (χ0) is 15.1. The average molecular weight is 308 g/mol. The van der Waals surface area contributed by atoms with Gasteiger partial charge in [0.05, 0.1) is 21.3 Å². The first-order valence-electron chi connectivity index (χ1n) is 6.83. The number of carbonyl (C=O) groups excluding carboxylic acids is 1. The number of nitrogens with one attached hydrogen (secondary N) is 2. The number of hydrogen-bond acceptors (Lipinski definition) is 4. The second-order valence-corrected chi connectivity index (χ2v) is 6.03. The molecule has 5 nitrogen and oxygen atoms in total. The van der Waals surface area contributed by atoms with Gasteiger partial charge in [-0.25, -0.2) is 9.97 Å². The van der Waals surface area contributed by atoms with Crippen LogP contribution in [0, 0.1) is 6.92 Å². The van der Waals surface area contributed by atoms with Crippen molar-refractivity contribution in [3.8, 4) is 0 Å². The third kappa shape index (κ3) is 2.14. The summed E-state index contributed by atoms with van der Waals surface area (Å²) in [7, 11) is 0. The highest BCUT2D eigenvalue weighted by atomic mass is 32.1. The fourth-order valence-electron chi connectivity index (χ4n) is 2.36. The van der Waals surface area contributed by atoms with E-state index in [1.165, 1.54) is 11.3 Å². The van der Waals surface area contributed by atoms with Crippen LogP contribution in [-0.4, -0.2) is 20.9 Å². The maximum Gasteiger partial charge on any atom is 0.293 e. The topological polar surface area (TPSA) is 70.7 Å². The van der Waals surface area contributed by atoms with Gasteiger partial charge in [0.15, 0.2) is 11.0 Å². The Hall–Kier alpha value is -2.73. The minimum Gasteiger partial charge on any atom is -0.334 e. The van der Waals surface area contributed by atoms with Crippen LogP contribution in [0.5, 0.6) is 0 Å². The molecule has 0 aliphatic rings. The molecule has 4 rings (SSSR count). The van der Waals surface area contributed by atoms with E-state index in [4.69, 9.17) is 0 Å². The summed E-state index contributed by atoms with van der Waals surface area (Å²) >= 11 is 1.46. The molecule has 1 amide bonds. The number of fused-ring (bicyclic) bond motifs is 2. The third-order valence-electron chi connectivity index (χ3n) is 3.45. The number of hydrogen-bond donors (Lipinski definition) is 2. The largest absolute Gasteiger partial charge is 0.334 e. The van der Waals surface area contributed by atoms with Crippen molar-refractivity contribution in [3.63, 3.8) is 0 Å². The Balaban J connectivity index is 1.66. The highest BCUT2D eigenvalue weighted by Crippen LogP contribution is 2.28. The van der Waals surface area contributed by atoms with Crippen LogP contribution in [0.1, 0.15) is 16.2 Å². The summed E-state index contributed by atoms with van der Waals surface area (Å²) in [4.78, 5) is 24.1. The van der Waals surface area contributed by atoms with Crippen molar-refractivity contribution in [2.24, 2.45) is 0 Å². The molecule has 2 aromatic carbocycles. The lowest BCUT2D eigenvalue weighted by Crippen LogP contribution is -2.13. The van der Waals surface area contributed by atoms with Crippen molar-refractivity contribution in [2.45, 2.75) is 6.92 Å². The summed E-state index contributed by atoms with van der Waals surface area (Å²) in [5, 5.41) is 3.39. The standard InChI is InChI=1S/C16H12N4OS/c1-9-5-4-8-12-13(9)19-16(22-12)20-15(21)14-17-10-6-2-3-7-11(10)18-14/h2-8H,1H3,(H,17,18)(H,19,20,21). The van der Waals surface area contributed by atoms with E-state index in [0.29, 0.717) is 5.13 Å². The molecular formula is C16H12N4OS. The van der Waals surface area contributed by atoms with Crippen molar-refractivity contribution >= 4 is 43.6 Å². The third-order valence-corrected chi connectivity index (χ3v) is 4.38. The van der Waals surface area contributed by atoms with Crippen molar-refractivity contribution in [2.75, 3.05) is 5.32 Å². The number of rotatable bonds is 2. The molecule has 0 fully saturated rings. The van der Waals surface area contributed by atoms with Gasteiger partial charge >= 0.3 is 0 Å². The molecule has 2 heterocycles. The first-order chi connectivity index (χ1) is 10.7. The van der Waals surface area contributed by atoms with E-state index < -0.39 is 0 Å². The van der Waals surface area contributed by atoms with Gasteiger partial charge in [-0.05, 0) is 30.7 Å². The Morgan fingerprint density at radius 1 is 1.14 bits per heavy atom. The summed E-state index contributed by atoms with van der Waals surface area (Å²) in [6.45, 7) is 2.01. The lowest BCUT2D eigenvalue weighted by Gasteiger charge is -1.96. The van der Waals surface area contributed by atoms with Gasteiger partial charge in [-0.15, -0.1) is 0 Å². The zero-order valence-corrected chi connectivity index (χ0v) is 12.6. The predicted molar refractivity (Wildman–Crippen MR) is 88.4 cm³/mol. The monoisotopic (exact) mass is 308 g/mol. The minimum atomic E-state index is -0.284. The number of anilines is 1. The first-order valence-corrected chi connectivity index (χ1v) is 7.64. The number of aromatic amines is 1. The van der Waals surface area contributed by atoms with E-state index in [9.17, 15) is 4.79 Å². The molecule has 0 aliphatic heterocycles. The lowest BCUT2D eigenvalue weighted by molar-refractivity contribution is 0.101. The number of amides is 1. The van der Waals surface area contributed by atoms with Crippen molar-refractivity contribution in [1.82, 2.24) is 15.0 Å². The highest BCUT2D eigenvalue weighted by molar-refractivity contribution is 7.22. The van der Waals surface area contributed by atoms with Gasteiger partial charge < -0.3 is 4.98 Å². The predicted octanol–water partition coefficient (Wildman–Crippen LogP) is 3.73. The van der Waals surface area contributed by atoms with Crippen LogP contribution < -0.4 is 5.32 Å². The van der Waals surface area contributed by atoms with Crippen molar-refractivity contribution < 1.29 is 4.79 Å². The second kappa shape index (κ2) is 4.92. The first kappa shape index (κ1) is 13.0.